The van der Waals surface area contributed by atoms with Gasteiger partial charge in [0, 0.05) is 29.2 Å². The van der Waals surface area contributed by atoms with E-state index in [0.29, 0.717) is 5.56 Å². The number of primary amides is 1. The summed E-state index contributed by atoms with van der Waals surface area (Å²) in [5.41, 5.74) is 3.18. The Labute approximate surface area is 194 Å². The molecule has 0 bridgehead atoms. The van der Waals surface area contributed by atoms with Gasteiger partial charge in [0.05, 0.1) is 5.56 Å². The zero-order valence-electron chi connectivity index (χ0n) is 18.2. The number of ketones is 2. The summed E-state index contributed by atoms with van der Waals surface area (Å²) >= 11 is 0. The number of phenolic OH excluding ortho intramolecular Hbond substituents is 1. The van der Waals surface area contributed by atoms with Gasteiger partial charge in [-0.05, 0) is 23.6 Å². The first-order valence-electron chi connectivity index (χ1n) is 11.0. The van der Waals surface area contributed by atoms with Gasteiger partial charge < -0.3 is 26.2 Å². The number of aromatic hydroxyl groups is 1. The highest BCUT2D eigenvalue weighted by atomic mass is 16.3. The Kier molecular flexibility index (Phi) is 4.70. The molecule has 6 N–H and O–H groups in total. The lowest BCUT2D eigenvalue weighted by Crippen LogP contribution is -2.61. The smallest absolute Gasteiger partial charge is 0.255 e. The van der Waals surface area contributed by atoms with Crippen molar-refractivity contribution in [2.24, 2.45) is 23.5 Å². The van der Waals surface area contributed by atoms with Gasteiger partial charge in [0.1, 0.15) is 22.8 Å². The lowest BCUT2D eigenvalue weighted by molar-refractivity contribution is -0.152. The number of rotatable bonds is 2. The monoisotopic (exact) mass is 461 g/mol. The average Bonchev–Trinajstić information content (AvgIpc) is 2.80. The average molecular weight is 461 g/mol. The van der Waals surface area contributed by atoms with E-state index < -0.39 is 63.8 Å². The molecule has 0 saturated heterocycles. The molecule has 1 amide bonds. The van der Waals surface area contributed by atoms with Crippen molar-refractivity contribution < 1.29 is 34.8 Å². The maximum Gasteiger partial charge on any atom is 0.255 e. The molecule has 0 heterocycles. The molecule has 0 spiro atoms. The third kappa shape index (κ3) is 2.66. The molecule has 8 nitrogen and oxygen atoms in total. The van der Waals surface area contributed by atoms with Gasteiger partial charge >= 0.3 is 0 Å². The molecule has 8 heteroatoms. The Bertz CT molecular complexity index is 1330. The standard InChI is InChI=1S/C26H23NO7/c1-11-15-10-14-17(12-6-3-2-4-7-12)13-8-5-9-16(28)18(13)22(30)19(14)23(31)26(15,34)24(32)20(21(11)29)25(27)33/h2-9,11,14-15,17,28,30,32,34H,10H2,1H3,(H2,27,33)/t11-,14+,15-,17-,26-/m0/s1. The summed E-state index contributed by atoms with van der Waals surface area (Å²) in [6, 6.07) is 14.0. The number of fused-ring (bicyclic) bond motifs is 3. The maximum atomic E-state index is 13.8. The van der Waals surface area contributed by atoms with Gasteiger partial charge in [-0.25, -0.2) is 0 Å². The van der Waals surface area contributed by atoms with Crippen molar-refractivity contribution in [1.29, 1.82) is 0 Å². The van der Waals surface area contributed by atoms with E-state index in [0.717, 1.165) is 5.56 Å². The predicted octanol–water partition coefficient (Wildman–Crippen LogP) is 2.26. The van der Waals surface area contributed by atoms with E-state index in [2.05, 4.69) is 0 Å². The van der Waals surface area contributed by atoms with E-state index in [4.69, 9.17) is 5.73 Å². The van der Waals surface area contributed by atoms with Crippen LogP contribution in [0.1, 0.15) is 36.0 Å². The molecule has 1 saturated carbocycles. The molecular formula is C26H23NO7. The zero-order chi connectivity index (χ0) is 24.5. The van der Waals surface area contributed by atoms with Crippen LogP contribution in [-0.2, 0) is 14.4 Å². The molecule has 0 unspecified atom stereocenters. The fourth-order valence-electron chi connectivity index (χ4n) is 5.99. The van der Waals surface area contributed by atoms with E-state index in [1.165, 1.54) is 13.0 Å². The second-order valence-electron chi connectivity index (χ2n) is 9.18. The summed E-state index contributed by atoms with van der Waals surface area (Å²) in [5.74, 6) is -8.01. The molecule has 0 aliphatic heterocycles. The Morgan fingerprint density at radius 2 is 1.71 bits per heavy atom. The van der Waals surface area contributed by atoms with Gasteiger partial charge in [-0.3, -0.25) is 14.4 Å². The predicted molar refractivity (Wildman–Crippen MR) is 121 cm³/mol. The lowest BCUT2D eigenvalue weighted by atomic mass is 9.54. The molecular weight excluding hydrogens is 438 g/mol. The maximum absolute atomic E-state index is 13.8. The molecule has 1 fully saturated rings. The molecule has 3 aliphatic rings. The van der Waals surface area contributed by atoms with Crippen molar-refractivity contribution in [3.05, 3.63) is 82.1 Å². The normalized spacial score (nSPS) is 30.5. The lowest BCUT2D eigenvalue weighted by Gasteiger charge is -2.50. The van der Waals surface area contributed by atoms with Crippen LogP contribution in [0.5, 0.6) is 5.75 Å². The van der Waals surface area contributed by atoms with Crippen LogP contribution in [0.25, 0.3) is 5.76 Å². The van der Waals surface area contributed by atoms with Crippen molar-refractivity contribution >= 4 is 23.2 Å². The van der Waals surface area contributed by atoms with Crippen LogP contribution in [0.2, 0.25) is 0 Å². The molecule has 5 rings (SSSR count). The van der Waals surface area contributed by atoms with Crippen molar-refractivity contribution in [1.82, 2.24) is 0 Å². The van der Waals surface area contributed by atoms with Crippen molar-refractivity contribution in [2.45, 2.75) is 24.9 Å². The second kappa shape index (κ2) is 7.30. The van der Waals surface area contributed by atoms with Crippen LogP contribution in [0.4, 0.5) is 0 Å². The summed E-state index contributed by atoms with van der Waals surface area (Å²) in [5, 5.41) is 44.1. The number of benzene rings is 2. The van der Waals surface area contributed by atoms with E-state index in [-0.39, 0.29) is 23.3 Å². The summed E-state index contributed by atoms with van der Waals surface area (Å²) in [4.78, 5) is 38.6. The summed E-state index contributed by atoms with van der Waals surface area (Å²) in [6.07, 6.45) is 0.0549. The minimum Gasteiger partial charge on any atom is -0.508 e. The molecule has 2 aromatic rings. The second-order valence-corrected chi connectivity index (χ2v) is 9.18. The number of carbonyl (C=O) groups is 3. The SMILES string of the molecule is C[C@@H]1C(=O)C(C(N)=O)=C(O)[C@@]2(O)C(=O)C3=C(O)c4c(O)cccc4[C@H](c4ccccc4)[C@H]3C[C@@H]12. The van der Waals surface area contributed by atoms with Gasteiger partial charge in [0.2, 0.25) is 5.78 Å². The van der Waals surface area contributed by atoms with Crippen LogP contribution >= 0.6 is 0 Å². The third-order valence-corrected chi connectivity index (χ3v) is 7.58. The zero-order valence-corrected chi connectivity index (χ0v) is 18.2. The first-order chi connectivity index (χ1) is 16.1. The first kappa shape index (κ1) is 21.9. The Morgan fingerprint density at radius 3 is 2.35 bits per heavy atom. The third-order valence-electron chi connectivity index (χ3n) is 7.58. The minimum atomic E-state index is -2.61. The number of aliphatic hydroxyl groups is 3. The van der Waals surface area contributed by atoms with Gasteiger partial charge in [-0.15, -0.1) is 0 Å². The van der Waals surface area contributed by atoms with Crippen molar-refractivity contribution in [2.75, 3.05) is 0 Å². The molecule has 34 heavy (non-hydrogen) atoms. The highest BCUT2D eigenvalue weighted by molar-refractivity contribution is 6.23. The van der Waals surface area contributed by atoms with E-state index in [1.807, 2.05) is 30.3 Å². The minimum absolute atomic E-state index is 0.0549. The number of amides is 1. The number of hydrogen-bond donors (Lipinski definition) is 5. The van der Waals surface area contributed by atoms with Crippen molar-refractivity contribution in [3.63, 3.8) is 0 Å². The Morgan fingerprint density at radius 1 is 1.03 bits per heavy atom. The highest BCUT2D eigenvalue weighted by Gasteiger charge is 2.63. The number of phenols is 1. The van der Waals surface area contributed by atoms with Crippen LogP contribution in [0, 0.1) is 17.8 Å². The quantitative estimate of drug-likeness (QED) is 0.429. The van der Waals surface area contributed by atoms with Crippen LogP contribution in [0.15, 0.2) is 65.4 Å². The van der Waals surface area contributed by atoms with E-state index in [1.54, 1.807) is 12.1 Å². The molecule has 2 aromatic carbocycles. The molecule has 0 radical (unpaired) electrons. The fourth-order valence-corrected chi connectivity index (χ4v) is 5.99. The van der Waals surface area contributed by atoms with E-state index >= 15 is 0 Å². The van der Waals surface area contributed by atoms with Crippen molar-refractivity contribution in [3.8, 4) is 5.75 Å². The van der Waals surface area contributed by atoms with E-state index in [9.17, 15) is 34.8 Å². The van der Waals surface area contributed by atoms with Gasteiger partial charge in [0.25, 0.3) is 5.91 Å². The van der Waals surface area contributed by atoms with Crippen LogP contribution in [-0.4, -0.2) is 43.5 Å². The summed E-state index contributed by atoms with van der Waals surface area (Å²) < 4.78 is 0. The molecule has 3 aliphatic carbocycles. The number of hydrogen-bond acceptors (Lipinski definition) is 7. The van der Waals surface area contributed by atoms with Crippen LogP contribution in [0.3, 0.4) is 0 Å². The summed E-state index contributed by atoms with van der Waals surface area (Å²) in [6.45, 7) is 1.48. The largest absolute Gasteiger partial charge is 0.508 e. The fraction of sp³-hybridized carbons (Fsp3) is 0.269. The summed E-state index contributed by atoms with van der Waals surface area (Å²) in [7, 11) is 0. The Hall–Kier alpha value is -3.91. The molecule has 5 atom stereocenters. The topological polar surface area (TPSA) is 158 Å². The van der Waals surface area contributed by atoms with Crippen LogP contribution < -0.4 is 5.73 Å². The van der Waals surface area contributed by atoms with Gasteiger partial charge in [-0.2, -0.15) is 0 Å². The number of nitrogens with two attached hydrogens (primary N) is 1. The Balaban J connectivity index is 1.80. The number of aliphatic hydroxyl groups excluding tert-OH is 2. The highest BCUT2D eigenvalue weighted by Crippen LogP contribution is 2.57. The molecule has 0 aromatic heterocycles. The van der Waals surface area contributed by atoms with Gasteiger partial charge in [0.15, 0.2) is 11.4 Å². The number of Topliss-reactive ketones (excluding diaryl/α,β-unsaturated/α-hetero) is 2. The number of carbonyl (C=O) groups excluding carboxylic acids is 3. The first-order valence-corrected chi connectivity index (χ1v) is 11.0. The molecule has 174 valence electrons. The van der Waals surface area contributed by atoms with Gasteiger partial charge in [-0.1, -0.05) is 49.4 Å².